The number of aryl methyl sites for hydroxylation is 1. The van der Waals surface area contributed by atoms with E-state index in [4.69, 9.17) is 15.5 Å². The number of β-amino-alcohol motifs (C(OH)–C–C–N with tert-alkyl or cyclic N) is 2. The van der Waals surface area contributed by atoms with Crippen molar-refractivity contribution in [2.75, 3.05) is 61.4 Å². The number of alkyl halides is 1. The van der Waals surface area contributed by atoms with Crippen LogP contribution in [0.2, 0.25) is 0 Å². The van der Waals surface area contributed by atoms with Gasteiger partial charge in [-0.1, -0.05) is 0 Å². The predicted molar refractivity (Wildman–Crippen MR) is 147 cm³/mol. The number of nitriles is 1. The maximum Gasteiger partial charge on any atom is 0.323 e. The van der Waals surface area contributed by atoms with Gasteiger partial charge in [0.25, 0.3) is 0 Å². The van der Waals surface area contributed by atoms with Gasteiger partial charge in [-0.25, -0.2) is 4.39 Å². The lowest BCUT2D eigenvalue weighted by Crippen LogP contribution is -2.59. The molecular weight excluding hydrogens is 535 g/mol. The van der Waals surface area contributed by atoms with Crippen molar-refractivity contribution in [2.24, 2.45) is 0 Å². The third-order valence-electron chi connectivity index (χ3n) is 9.49. The topological polar surface area (TPSA) is 148 Å². The summed E-state index contributed by atoms with van der Waals surface area (Å²) in [5.41, 5.74) is 6.24. The predicted octanol–water partition coefficient (Wildman–Crippen LogP) is 1.37. The molecule has 6 heterocycles. The molecule has 0 unspecified atom stereocenters. The highest BCUT2D eigenvalue weighted by atomic mass is 32.1. The van der Waals surface area contributed by atoms with Crippen LogP contribution in [0, 0.1) is 11.3 Å². The summed E-state index contributed by atoms with van der Waals surface area (Å²) in [4.78, 5) is 21.3. The molecule has 0 radical (unpaired) electrons. The summed E-state index contributed by atoms with van der Waals surface area (Å²) in [5.74, 6) is 0.788. The fourth-order valence-electron chi connectivity index (χ4n) is 7.81. The Balaban J connectivity index is 1.18. The van der Waals surface area contributed by atoms with E-state index in [9.17, 15) is 19.9 Å². The minimum Gasteiger partial charge on any atom is -0.461 e. The van der Waals surface area contributed by atoms with Crippen molar-refractivity contribution in [1.29, 1.82) is 5.26 Å². The second kappa shape index (κ2) is 9.11. The van der Waals surface area contributed by atoms with E-state index in [1.54, 1.807) is 11.8 Å². The van der Waals surface area contributed by atoms with Crippen LogP contribution >= 0.6 is 11.3 Å². The first-order valence-corrected chi connectivity index (χ1v) is 14.9. The van der Waals surface area contributed by atoms with Crippen LogP contribution in [0.3, 0.4) is 0 Å². The van der Waals surface area contributed by atoms with E-state index in [1.165, 1.54) is 16.2 Å². The van der Waals surface area contributed by atoms with Gasteiger partial charge in [-0.2, -0.15) is 20.2 Å². The third kappa shape index (κ3) is 4.19. The maximum absolute atomic E-state index is 14.3. The van der Waals surface area contributed by atoms with E-state index in [0.29, 0.717) is 55.1 Å². The van der Waals surface area contributed by atoms with Crippen molar-refractivity contribution in [3.8, 4) is 12.1 Å². The maximum atomic E-state index is 14.3. The van der Waals surface area contributed by atoms with E-state index >= 15 is 0 Å². The van der Waals surface area contributed by atoms with E-state index in [-0.39, 0.29) is 36.5 Å². The summed E-state index contributed by atoms with van der Waals surface area (Å²) < 4.78 is 20.6. The van der Waals surface area contributed by atoms with Crippen LogP contribution in [0.1, 0.15) is 55.0 Å². The van der Waals surface area contributed by atoms with Gasteiger partial charge in [-0.05, 0) is 44.7 Å². The Bertz CT molecular complexity index is 1370. The molecule has 2 aromatic heterocycles. The molecule has 1 aliphatic carbocycles. The van der Waals surface area contributed by atoms with Crippen molar-refractivity contribution in [2.45, 2.75) is 74.3 Å². The first kappa shape index (κ1) is 26.1. The molecule has 4 saturated heterocycles. The Labute approximate surface area is 236 Å². The van der Waals surface area contributed by atoms with Gasteiger partial charge in [0.05, 0.1) is 22.8 Å². The van der Waals surface area contributed by atoms with E-state index < -0.39 is 17.9 Å². The first-order valence-electron chi connectivity index (χ1n) is 14.1. The molecular formula is C27H35FN8O3S. The number of nitrogens with two attached hydrogens (primary N) is 1. The first-order chi connectivity index (χ1) is 19.1. The number of hydrogen-bond acceptors (Lipinski definition) is 12. The lowest BCUT2D eigenvalue weighted by atomic mass is 9.74. The van der Waals surface area contributed by atoms with Crippen LogP contribution in [-0.4, -0.2) is 99.4 Å². The molecule has 1 spiro atoms. The number of hydrogen-bond donors (Lipinski definition) is 3. The van der Waals surface area contributed by atoms with Crippen molar-refractivity contribution in [3.63, 3.8) is 0 Å². The van der Waals surface area contributed by atoms with Crippen LogP contribution in [-0.2, 0) is 11.8 Å². The molecule has 4 N–H and O–H groups in total. The molecule has 4 fully saturated rings. The average molecular weight is 571 g/mol. The molecule has 0 bridgehead atoms. The number of nitrogen functional groups attached to an aromatic ring is 1. The number of nitrogens with zero attached hydrogens (tertiary/aromatic N) is 7. The molecule has 0 amide bonds. The van der Waals surface area contributed by atoms with Gasteiger partial charge in [0, 0.05) is 55.9 Å². The summed E-state index contributed by atoms with van der Waals surface area (Å²) >= 11 is 1.52. The van der Waals surface area contributed by atoms with Crippen LogP contribution in [0.4, 0.5) is 21.3 Å². The molecule has 4 aliphatic heterocycles. The van der Waals surface area contributed by atoms with Gasteiger partial charge in [0.1, 0.15) is 23.8 Å². The van der Waals surface area contributed by atoms with Gasteiger partial charge in [0.2, 0.25) is 11.9 Å². The summed E-state index contributed by atoms with van der Waals surface area (Å²) in [6.07, 6.45) is 2.88. The Hall–Kier alpha value is -2.79. The highest BCUT2D eigenvalue weighted by molar-refractivity contribution is 7.16. The standard InChI is InChI=1S/C27H35FN8O3S/c1-25(38)8-17(37)11-34(12-25)22-31-23(33-24(32-22)39-15-27-4-2-6-36(27)10-16(28)7-27)35-13-26(14-35)5-3-19-20(26)18(9-29)21(30)40-19/h16-17,37-38H,2-8,10-15,30H2,1H3/t16-,17-,25-,27+/m1/s1. The van der Waals surface area contributed by atoms with Crippen LogP contribution in [0.15, 0.2) is 0 Å². The Kier molecular flexibility index (Phi) is 5.95. The van der Waals surface area contributed by atoms with Gasteiger partial charge in [-0.3, -0.25) is 4.90 Å². The number of ether oxygens (including phenoxy) is 1. The number of aliphatic hydroxyl groups excluding tert-OH is 1. The van der Waals surface area contributed by atoms with Crippen LogP contribution < -0.4 is 20.3 Å². The van der Waals surface area contributed by atoms with Crippen molar-refractivity contribution >= 4 is 28.2 Å². The van der Waals surface area contributed by atoms with E-state index in [0.717, 1.165) is 37.8 Å². The fourth-order valence-corrected chi connectivity index (χ4v) is 8.95. The minimum absolute atomic E-state index is 0.156. The number of piperidine rings is 1. The number of aromatic nitrogens is 3. The summed E-state index contributed by atoms with van der Waals surface area (Å²) in [6, 6.07) is 2.47. The molecule has 4 atom stereocenters. The quantitative estimate of drug-likeness (QED) is 0.479. The molecule has 11 nitrogen and oxygen atoms in total. The zero-order valence-corrected chi connectivity index (χ0v) is 23.5. The largest absolute Gasteiger partial charge is 0.461 e. The highest BCUT2D eigenvalue weighted by Gasteiger charge is 2.53. The number of fused-ring (bicyclic) bond motifs is 3. The Morgan fingerprint density at radius 1 is 1.15 bits per heavy atom. The monoisotopic (exact) mass is 570 g/mol. The van der Waals surface area contributed by atoms with Crippen LogP contribution in [0.5, 0.6) is 6.01 Å². The SMILES string of the molecule is C[C@@]1(O)C[C@@H](O)CN(c2nc(OC[C@@]34CCCN3C[C@H](F)C4)nc(N3CC4(CCc5sc(N)c(C#N)c54)C3)n2)C1. The highest BCUT2D eigenvalue weighted by Crippen LogP contribution is 2.52. The molecule has 0 aromatic carbocycles. The number of thiophene rings is 1. The molecule has 2 aromatic rings. The number of aliphatic hydroxyl groups is 2. The smallest absolute Gasteiger partial charge is 0.323 e. The fraction of sp³-hybridized carbons (Fsp3) is 0.704. The van der Waals surface area contributed by atoms with Crippen molar-refractivity contribution < 1.29 is 19.3 Å². The molecule has 5 aliphatic rings. The zero-order chi connectivity index (χ0) is 27.9. The van der Waals surface area contributed by atoms with Gasteiger partial charge < -0.3 is 30.5 Å². The number of anilines is 3. The molecule has 40 heavy (non-hydrogen) atoms. The second-order valence-electron chi connectivity index (χ2n) is 12.7. The Morgan fingerprint density at radius 2 is 1.93 bits per heavy atom. The average Bonchev–Trinajstić information content (AvgIpc) is 3.58. The molecule has 0 saturated carbocycles. The van der Waals surface area contributed by atoms with E-state index in [2.05, 4.69) is 25.8 Å². The number of rotatable bonds is 5. The van der Waals surface area contributed by atoms with Crippen LogP contribution in [0.25, 0.3) is 0 Å². The van der Waals surface area contributed by atoms with E-state index in [1.807, 2.05) is 0 Å². The molecule has 214 valence electrons. The second-order valence-corrected chi connectivity index (χ2v) is 13.8. The van der Waals surface area contributed by atoms with Gasteiger partial charge >= 0.3 is 6.01 Å². The normalized spacial score (nSPS) is 32.7. The van der Waals surface area contributed by atoms with Gasteiger partial charge in [0.15, 0.2) is 0 Å². The molecule has 7 rings (SSSR count). The zero-order valence-electron chi connectivity index (χ0n) is 22.6. The molecule has 13 heteroatoms. The Morgan fingerprint density at radius 3 is 2.67 bits per heavy atom. The van der Waals surface area contributed by atoms with Crippen molar-refractivity contribution in [3.05, 3.63) is 16.0 Å². The lowest BCUT2D eigenvalue weighted by Gasteiger charge is -2.48. The van der Waals surface area contributed by atoms with Crippen molar-refractivity contribution in [1.82, 2.24) is 19.9 Å². The summed E-state index contributed by atoms with van der Waals surface area (Å²) in [7, 11) is 0. The number of halogens is 1. The summed E-state index contributed by atoms with van der Waals surface area (Å²) in [6.45, 7) is 5.14. The third-order valence-corrected chi connectivity index (χ3v) is 10.6. The lowest BCUT2D eigenvalue weighted by molar-refractivity contribution is -0.00843. The minimum atomic E-state index is -1.09. The van der Waals surface area contributed by atoms with Gasteiger partial charge in [-0.15, -0.1) is 11.3 Å². The summed E-state index contributed by atoms with van der Waals surface area (Å²) in [5, 5.41) is 31.5.